The number of rotatable bonds is 4. The maximum atomic E-state index is 14.1. The lowest BCUT2D eigenvalue weighted by Gasteiger charge is -2.44. The molecule has 1 fully saturated rings. The quantitative estimate of drug-likeness (QED) is 0.620. The fraction of sp³-hybridized carbons (Fsp3) is 0.517. The van der Waals surface area contributed by atoms with Crippen molar-refractivity contribution in [1.29, 1.82) is 0 Å². The van der Waals surface area contributed by atoms with Crippen molar-refractivity contribution in [3.05, 3.63) is 53.6 Å². The van der Waals surface area contributed by atoms with Crippen LogP contribution in [0, 0.1) is 0 Å². The van der Waals surface area contributed by atoms with Gasteiger partial charge >= 0.3 is 0 Å². The smallest absolute Gasteiger partial charge is 0.256 e. The predicted molar refractivity (Wildman–Crippen MR) is 138 cm³/mol. The largest absolute Gasteiger partial charge is 0.491 e. The average Bonchev–Trinajstić information content (AvgIpc) is 3.40. The molecule has 5 rings (SSSR count). The molecular weight excluding hydrogens is 472 g/mol. The fourth-order valence-electron chi connectivity index (χ4n) is 5.35. The molecule has 0 radical (unpaired) electrons. The monoisotopic (exact) mass is 508 g/mol. The van der Waals surface area contributed by atoms with Crippen LogP contribution in [0.25, 0.3) is 0 Å². The Balaban J connectivity index is 1.38. The molecule has 1 atom stereocenters. The van der Waals surface area contributed by atoms with Gasteiger partial charge in [0.2, 0.25) is 6.79 Å². The standard InChI is InChI=1S/C29H36N2O6/c1-2-3-14-30-15-17-34-24-10-5-4-8-22(24)9-6-7-13-29(28(30)33)20-31(16-18-37-29)27(32)23-11-12-25-26(19-23)36-21-35-25/h4-5,8,10-12,19H,2-3,6-7,9,13-18,20-21H2,1H3. The second kappa shape index (κ2) is 11.4. The number of benzene rings is 2. The van der Waals surface area contributed by atoms with Crippen LogP contribution in [0.15, 0.2) is 42.5 Å². The number of unbranched alkanes of at least 4 members (excludes halogenated alkanes) is 1. The summed E-state index contributed by atoms with van der Waals surface area (Å²) in [5.41, 5.74) is 0.652. The van der Waals surface area contributed by atoms with Crippen molar-refractivity contribution >= 4 is 11.8 Å². The zero-order valence-corrected chi connectivity index (χ0v) is 21.6. The minimum absolute atomic E-state index is 0.0402. The van der Waals surface area contributed by atoms with E-state index in [4.69, 9.17) is 18.9 Å². The first-order valence-corrected chi connectivity index (χ1v) is 13.4. The molecular formula is C29H36N2O6. The summed E-state index contributed by atoms with van der Waals surface area (Å²) < 4.78 is 23.3. The summed E-state index contributed by atoms with van der Waals surface area (Å²) >= 11 is 0. The Morgan fingerprint density at radius 1 is 0.973 bits per heavy atom. The third-order valence-corrected chi connectivity index (χ3v) is 7.42. The Hall–Kier alpha value is -3.26. The summed E-state index contributed by atoms with van der Waals surface area (Å²) in [6.45, 7) is 4.81. The van der Waals surface area contributed by atoms with E-state index in [1.54, 1.807) is 23.1 Å². The molecule has 0 bridgehead atoms. The molecule has 3 heterocycles. The third-order valence-electron chi connectivity index (χ3n) is 7.42. The van der Waals surface area contributed by atoms with Crippen molar-refractivity contribution in [3.63, 3.8) is 0 Å². The molecule has 3 aliphatic rings. The lowest BCUT2D eigenvalue weighted by atomic mass is 9.90. The first-order chi connectivity index (χ1) is 18.1. The number of carbonyl (C=O) groups is 2. The molecule has 2 amide bonds. The number of aryl methyl sites for hydroxylation is 1. The van der Waals surface area contributed by atoms with Crippen molar-refractivity contribution in [2.24, 2.45) is 0 Å². The molecule has 198 valence electrons. The van der Waals surface area contributed by atoms with Crippen LogP contribution in [0.2, 0.25) is 0 Å². The van der Waals surface area contributed by atoms with Gasteiger partial charge in [-0.15, -0.1) is 0 Å². The van der Waals surface area contributed by atoms with E-state index in [1.165, 1.54) is 5.56 Å². The van der Waals surface area contributed by atoms with E-state index in [0.717, 1.165) is 37.9 Å². The van der Waals surface area contributed by atoms with Crippen LogP contribution in [-0.4, -0.2) is 73.4 Å². The summed E-state index contributed by atoms with van der Waals surface area (Å²) in [6, 6.07) is 13.4. The van der Waals surface area contributed by atoms with Crippen molar-refractivity contribution < 1.29 is 28.5 Å². The number of para-hydroxylation sites is 1. The summed E-state index contributed by atoms with van der Waals surface area (Å²) in [7, 11) is 0. The average molecular weight is 509 g/mol. The number of ether oxygens (including phenoxy) is 4. The van der Waals surface area contributed by atoms with Crippen LogP contribution in [-0.2, 0) is 16.0 Å². The van der Waals surface area contributed by atoms with Crippen LogP contribution in [0.3, 0.4) is 0 Å². The van der Waals surface area contributed by atoms with Gasteiger partial charge in [0.1, 0.15) is 12.4 Å². The first-order valence-electron chi connectivity index (χ1n) is 13.4. The number of morpholine rings is 1. The zero-order valence-electron chi connectivity index (χ0n) is 21.6. The molecule has 1 spiro atoms. The highest BCUT2D eigenvalue weighted by molar-refractivity contribution is 5.96. The Labute approximate surface area is 218 Å². The topological polar surface area (TPSA) is 77.5 Å². The molecule has 2 aromatic rings. The SMILES string of the molecule is CCCCN1CCOc2ccccc2CCCCC2(CN(C(=O)c3ccc4c(c3)OCO4)CCO2)C1=O. The predicted octanol–water partition coefficient (Wildman–Crippen LogP) is 4.06. The first kappa shape index (κ1) is 25.4. The zero-order chi connectivity index (χ0) is 25.7. The van der Waals surface area contributed by atoms with Gasteiger partial charge in [-0.1, -0.05) is 31.5 Å². The third kappa shape index (κ3) is 5.54. The molecule has 1 unspecified atom stereocenters. The molecule has 0 N–H and O–H groups in total. The van der Waals surface area contributed by atoms with Crippen LogP contribution >= 0.6 is 0 Å². The van der Waals surface area contributed by atoms with Gasteiger partial charge in [0, 0.05) is 18.7 Å². The van der Waals surface area contributed by atoms with Crippen LogP contribution in [0.1, 0.15) is 54.9 Å². The van der Waals surface area contributed by atoms with Gasteiger partial charge in [-0.2, -0.15) is 0 Å². The summed E-state index contributed by atoms with van der Waals surface area (Å²) in [6.07, 6.45) is 5.05. The number of fused-ring (bicyclic) bond motifs is 2. The molecule has 0 aliphatic carbocycles. The summed E-state index contributed by atoms with van der Waals surface area (Å²) in [4.78, 5) is 31.3. The lowest BCUT2D eigenvalue weighted by molar-refractivity contribution is -0.170. The van der Waals surface area contributed by atoms with E-state index in [9.17, 15) is 9.59 Å². The van der Waals surface area contributed by atoms with Crippen LogP contribution in [0.4, 0.5) is 0 Å². The van der Waals surface area contributed by atoms with E-state index < -0.39 is 5.60 Å². The minimum Gasteiger partial charge on any atom is -0.491 e. The van der Waals surface area contributed by atoms with Gasteiger partial charge in [-0.05, 0) is 61.9 Å². The number of nitrogens with zero attached hydrogens (tertiary/aromatic N) is 2. The van der Waals surface area contributed by atoms with Gasteiger partial charge in [0.15, 0.2) is 17.1 Å². The molecule has 0 aromatic heterocycles. The highest BCUT2D eigenvalue weighted by Crippen LogP contribution is 2.34. The normalized spacial score (nSPS) is 22.1. The van der Waals surface area contributed by atoms with Crippen molar-refractivity contribution in [2.45, 2.75) is 51.0 Å². The Kier molecular flexibility index (Phi) is 7.84. The minimum atomic E-state index is -1.06. The van der Waals surface area contributed by atoms with Gasteiger partial charge in [0.25, 0.3) is 11.8 Å². The molecule has 2 aromatic carbocycles. The molecule has 3 aliphatic heterocycles. The van der Waals surface area contributed by atoms with Crippen molar-refractivity contribution in [2.75, 3.05) is 46.2 Å². The maximum absolute atomic E-state index is 14.1. The van der Waals surface area contributed by atoms with Gasteiger partial charge in [-0.3, -0.25) is 9.59 Å². The van der Waals surface area contributed by atoms with E-state index in [0.29, 0.717) is 56.3 Å². The summed E-state index contributed by atoms with van der Waals surface area (Å²) in [5.74, 6) is 1.94. The number of amides is 2. The van der Waals surface area contributed by atoms with E-state index in [-0.39, 0.29) is 25.2 Å². The Morgan fingerprint density at radius 3 is 2.73 bits per heavy atom. The van der Waals surface area contributed by atoms with Crippen molar-refractivity contribution in [1.82, 2.24) is 9.80 Å². The highest BCUT2D eigenvalue weighted by atomic mass is 16.7. The lowest BCUT2D eigenvalue weighted by Crippen LogP contribution is -2.62. The van der Waals surface area contributed by atoms with Crippen LogP contribution in [0.5, 0.6) is 17.2 Å². The molecule has 37 heavy (non-hydrogen) atoms. The second-order valence-corrected chi connectivity index (χ2v) is 9.95. The molecule has 8 heteroatoms. The highest BCUT2D eigenvalue weighted by Gasteiger charge is 2.46. The summed E-state index contributed by atoms with van der Waals surface area (Å²) in [5, 5.41) is 0. The molecule has 8 nitrogen and oxygen atoms in total. The van der Waals surface area contributed by atoms with E-state index in [1.807, 2.05) is 23.1 Å². The van der Waals surface area contributed by atoms with Gasteiger partial charge < -0.3 is 28.7 Å². The van der Waals surface area contributed by atoms with E-state index in [2.05, 4.69) is 13.0 Å². The Morgan fingerprint density at radius 2 is 1.84 bits per heavy atom. The second-order valence-electron chi connectivity index (χ2n) is 9.95. The number of hydrogen-bond donors (Lipinski definition) is 0. The molecule has 0 saturated carbocycles. The van der Waals surface area contributed by atoms with Crippen molar-refractivity contribution in [3.8, 4) is 17.2 Å². The maximum Gasteiger partial charge on any atom is 0.256 e. The molecule has 1 saturated heterocycles. The Bertz CT molecular complexity index is 1120. The van der Waals surface area contributed by atoms with Gasteiger partial charge in [-0.25, -0.2) is 0 Å². The number of hydrogen-bond acceptors (Lipinski definition) is 6. The van der Waals surface area contributed by atoms with Gasteiger partial charge in [0.05, 0.1) is 19.7 Å². The fourth-order valence-corrected chi connectivity index (χ4v) is 5.35. The van der Waals surface area contributed by atoms with E-state index >= 15 is 0 Å². The van der Waals surface area contributed by atoms with Crippen LogP contribution < -0.4 is 14.2 Å². The number of carbonyl (C=O) groups excluding carboxylic acids is 2.